The molecule has 0 spiro atoms. The highest BCUT2D eigenvalue weighted by molar-refractivity contribution is 5.64. The fraction of sp³-hybridized carbons (Fsp3) is 0.125. The van der Waals surface area contributed by atoms with E-state index in [1.807, 2.05) is 60.8 Å². The number of nitrogens with one attached hydrogen (secondary N) is 2. The van der Waals surface area contributed by atoms with Crippen LogP contribution >= 0.6 is 0 Å². The molecule has 0 aliphatic carbocycles. The number of hydrogen-bond donors (Lipinski definition) is 2. The van der Waals surface area contributed by atoms with Crippen LogP contribution in [0.1, 0.15) is 24.1 Å². The first-order valence-electron chi connectivity index (χ1n) is 9.67. The van der Waals surface area contributed by atoms with Crippen LogP contribution < -0.4 is 10.6 Å². The van der Waals surface area contributed by atoms with Gasteiger partial charge in [0.05, 0.1) is 5.69 Å². The van der Waals surface area contributed by atoms with Crippen LogP contribution in [0.15, 0.2) is 91.3 Å². The van der Waals surface area contributed by atoms with Crippen LogP contribution in [0.2, 0.25) is 0 Å². The third kappa shape index (κ3) is 4.96. The highest BCUT2D eigenvalue weighted by Crippen LogP contribution is 2.24. The second-order valence-electron chi connectivity index (χ2n) is 6.82. The molecule has 5 heteroatoms. The molecule has 0 fully saturated rings. The largest absolute Gasteiger partial charge is 0.363 e. The van der Waals surface area contributed by atoms with E-state index < -0.39 is 0 Å². The molecule has 5 nitrogen and oxygen atoms in total. The van der Waals surface area contributed by atoms with Crippen LogP contribution in [0.5, 0.6) is 0 Å². The van der Waals surface area contributed by atoms with Crippen LogP contribution in [0.25, 0.3) is 11.3 Å². The van der Waals surface area contributed by atoms with Gasteiger partial charge in [-0.1, -0.05) is 66.7 Å². The quantitative estimate of drug-likeness (QED) is 0.453. The van der Waals surface area contributed by atoms with Crippen molar-refractivity contribution in [2.45, 2.75) is 19.5 Å². The SMILES string of the molecule is CC(Nc1cc(-c2ccccc2)nc(NCc2cccnc2)n1)c1ccccc1. The molecule has 0 aliphatic rings. The zero-order valence-electron chi connectivity index (χ0n) is 16.3. The summed E-state index contributed by atoms with van der Waals surface area (Å²) < 4.78 is 0. The molecule has 0 saturated heterocycles. The normalized spacial score (nSPS) is 11.6. The monoisotopic (exact) mass is 381 g/mol. The lowest BCUT2D eigenvalue weighted by atomic mass is 10.1. The number of hydrogen-bond acceptors (Lipinski definition) is 5. The van der Waals surface area contributed by atoms with Gasteiger partial charge in [-0.25, -0.2) is 4.98 Å². The Morgan fingerprint density at radius 1 is 0.862 bits per heavy atom. The summed E-state index contributed by atoms with van der Waals surface area (Å²) in [6.45, 7) is 2.74. The molecule has 2 aromatic carbocycles. The molecule has 4 rings (SSSR count). The molecule has 2 N–H and O–H groups in total. The molecule has 29 heavy (non-hydrogen) atoms. The lowest BCUT2D eigenvalue weighted by Gasteiger charge is -2.17. The maximum absolute atomic E-state index is 4.72. The number of rotatable bonds is 7. The van der Waals surface area contributed by atoms with Gasteiger partial charge in [0.25, 0.3) is 0 Å². The summed E-state index contributed by atoms with van der Waals surface area (Å²) in [5.74, 6) is 1.36. The van der Waals surface area contributed by atoms with Gasteiger partial charge >= 0.3 is 0 Å². The van der Waals surface area contributed by atoms with Gasteiger partial charge < -0.3 is 10.6 Å². The van der Waals surface area contributed by atoms with E-state index in [2.05, 4.69) is 51.8 Å². The predicted molar refractivity (Wildman–Crippen MR) is 118 cm³/mol. The van der Waals surface area contributed by atoms with Crippen LogP contribution in [0.4, 0.5) is 11.8 Å². The lowest BCUT2D eigenvalue weighted by molar-refractivity contribution is 0.871. The Balaban J connectivity index is 1.61. The van der Waals surface area contributed by atoms with E-state index in [-0.39, 0.29) is 6.04 Å². The smallest absolute Gasteiger partial charge is 0.225 e. The first-order chi connectivity index (χ1) is 14.3. The summed E-state index contributed by atoms with van der Waals surface area (Å²) in [6, 6.07) is 26.5. The van der Waals surface area contributed by atoms with Crippen molar-refractivity contribution in [3.05, 3.63) is 102 Å². The maximum Gasteiger partial charge on any atom is 0.225 e. The summed E-state index contributed by atoms with van der Waals surface area (Å²) in [7, 11) is 0. The van der Waals surface area contributed by atoms with E-state index in [0.717, 1.165) is 22.6 Å². The fourth-order valence-corrected chi connectivity index (χ4v) is 3.09. The highest BCUT2D eigenvalue weighted by Gasteiger charge is 2.10. The molecule has 0 amide bonds. The standard InChI is InChI=1S/C24H23N5/c1-18(20-10-4-2-5-11-20)27-23-15-22(21-12-6-3-7-13-21)28-24(29-23)26-17-19-9-8-14-25-16-19/h2-16,18H,17H2,1H3,(H2,26,27,28,29). The van der Waals surface area contributed by atoms with E-state index in [0.29, 0.717) is 12.5 Å². The van der Waals surface area contributed by atoms with Gasteiger partial charge in [-0.2, -0.15) is 4.98 Å². The minimum Gasteiger partial charge on any atom is -0.363 e. The van der Waals surface area contributed by atoms with Crippen molar-refractivity contribution in [3.63, 3.8) is 0 Å². The van der Waals surface area contributed by atoms with Crippen LogP contribution in [-0.4, -0.2) is 15.0 Å². The molecule has 1 atom stereocenters. The molecule has 0 aliphatic heterocycles. The van der Waals surface area contributed by atoms with Crippen LogP contribution in [0.3, 0.4) is 0 Å². The molecule has 144 valence electrons. The summed E-state index contributed by atoms with van der Waals surface area (Å²) in [6.07, 6.45) is 3.60. The van der Waals surface area contributed by atoms with E-state index in [9.17, 15) is 0 Å². The van der Waals surface area contributed by atoms with Gasteiger partial charge in [-0.15, -0.1) is 0 Å². The van der Waals surface area contributed by atoms with Crippen molar-refractivity contribution >= 4 is 11.8 Å². The fourth-order valence-electron chi connectivity index (χ4n) is 3.09. The Kier molecular flexibility index (Phi) is 5.76. The predicted octanol–water partition coefficient (Wildman–Crippen LogP) is 5.32. The van der Waals surface area contributed by atoms with Crippen LogP contribution in [-0.2, 0) is 6.54 Å². The second-order valence-corrected chi connectivity index (χ2v) is 6.82. The Morgan fingerprint density at radius 3 is 2.34 bits per heavy atom. The van der Waals surface area contributed by atoms with Gasteiger partial charge in [0.1, 0.15) is 5.82 Å². The minimum atomic E-state index is 0.126. The van der Waals surface area contributed by atoms with Gasteiger partial charge in [-0.3, -0.25) is 4.98 Å². The highest BCUT2D eigenvalue weighted by atomic mass is 15.1. The molecule has 0 saturated carbocycles. The first kappa shape index (κ1) is 18.6. The third-order valence-corrected chi connectivity index (χ3v) is 4.63. The van der Waals surface area contributed by atoms with Crippen molar-refractivity contribution < 1.29 is 0 Å². The molecule has 4 aromatic rings. The zero-order valence-corrected chi connectivity index (χ0v) is 16.3. The third-order valence-electron chi connectivity index (χ3n) is 4.63. The van der Waals surface area contributed by atoms with Gasteiger partial charge in [-0.05, 0) is 24.1 Å². The maximum atomic E-state index is 4.72. The van der Waals surface area contributed by atoms with E-state index >= 15 is 0 Å². The Labute approximate surface area is 170 Å². The first-order valence-corrected chi connectivity index (χ1v) is 9.67. The van der Waals surface area contributed by atoms with E-state index in [4.69, 9.17) is 4.98 Å². The summed E-state index contributed by atoms with van der Waals surface area (Å²) in [5, 5.41) is 6.83. The van der Waals surface area contributed by atoms with E-state index in [1.54, 1.807) is 6.20 Å². The van der Waals surface area contributed by atoms with Gasteiger partial charge in [0.15, 0.2) is 0 Å². The lowest BCUT2D eigenvalue weighted by Crippen LogP contribution is -2.11. The van der Waals surface area contributed by atoms with Gasteiger partial charge in [0.2, 0.25) is 5.95 Å². The number of aromatic nitrogens is 3. The number of pyridine rings is 1. The molecule has 2 heterocycles. The van der Waals surface area contributed by atoms with Crippen molar-refractivity contribution in [1.82, 2.24) is 15.0 Å². The van der Waals surface area contributed by atoms with Gasteiger partial charge in [0, 0.05) is 36.6 Å². The number of benzene rings is 2. The summed E-state index contributed by atoms with van der Waals surface area (Å²) >= 11 is 0. The Morgan fingerprint density at radius 2 is 1.62 bits per heavy atom. The molecular formula is C24H23N5. The van der Waals surface area contributed by atoms with Crippen LogP contribution in [0, 0.1) is 0 Å². The summed E-state index contributed by atoms with van der Waals surface area (Å²) in [4.78, 5) is 13.6. The molecule has 0 bridgehead atoms. The Hall–Kier alpha value is -3.73. The topological polar surface area (TPSA) is 62.7 Å². The van der Waals surface area contributed by atoms with Crippen molar-refractivity contribution in [2.75, 3.05) is 10.6 Å². The van der Waals surface area contributed by atoms with Crippen molar-refractivity contribution in [2.24, 2.45) is 0 Å². The van der Waals surface area contributed by atoms with E-state index in [1.165, 1.54) is 5.56 Å². The molecular weight excluding hydrogens is 358 g/mol. The summed E-state index contributed by atoms with van der Waals surface area (Å²) in [5.41, 5.74) is 4.21. The average Bonchev–Trinajstić information content (AvgIpc) is 2.79. The number of anilines is 2. The molecule has 1 unspecified atom stereocenters. The van der Waals surface area contributed by atoms with Crippen molar-refractivity contribution in [1.29, 1.82) is 0 Å². The molecule has 0 radical (unpaired) electrons. The minimum absolute atomic E-state index is 0.126. The second kappa shape index (κ2) is 8.97. The van der Waals surface area contributed by atoms with Crippen molar-refractivity contribution in [3.8, 4) is 11.3 Å². The zero-order chi connectivity index (χ0) is 19.9. The molecule has 2 aromatic heterocycles. The Bertz CT molecular complexity index is 1040. The average molecular weight is 381 g/mol. The number of nitrogens with zero attached hydrogens (tertiary/aromatic N) is 3.